The normalized spacial score (nSPS) is 31.1. The van der Waals surface area contributed by atoms with Crippen LogP contribution >= 0.6 is 0 Å². The van der Waals surface area contributed by atoms with E-state index in [1.54, 1.807) is 6.07 Å². The zero-order valence-corrected chi connectivity index (χ0v) is 19.2. The fourth-order valence-electron chi connectivity index (χ4n) is 5.82. The summed E-state index contributed by atoms with van der Waals surface area (Å²) in [7, 11) is -0.973. The molecule has 1 heterocycles. The third-order valence-electron chi connectivity index (χ3n) is 7.88. The van der Waals surface area contributed by atoms with E-state index in [9.17, 15) is 13.2 Å². The highest BCUT2D eigenvalue weighted by Crippen LogP contribution is 2.46. The molecule has 1 aromatic carbocycles. The molecule has 3 rings (SSSR count). The topological polar surface area (TPSA) is 0 Å². The Labute approximate surface area is 176 Å². The Bertz CT molecular complexity index is 683. The Morgan fingerprint density at radius 2 is 1.69 bits per heavy atom. The quantitative estimate of drug-likeness (QED) is 0.304. The summed E-state index contributed by atoms with van der Waals surface area (Å²) < 4.78 is 39.8. The van der Waals surface area contributed by atoms with E-state index in [-0.39, 0.29) is 11.9 Å². The molecule has 0 bridgehead atoms. The van der Waals surface area contributed by atoms with Crippen LogP contribution in [0, 0.1) is 17.7 Å². The molecule has 1 aliphatic carbocycles. The molecular weight excluding hydrogens is 385 g/mol. The molecule has 0 unspecified atom stereocenters. The molecule has 0 spiro atoms. The second-order valence-electron chi connectivity index (χ2n) is 9.91. The number of benzene rings is 1. The average molecular weight is 423 g/mol. The van der Waals surface area contributed by atoms with Crippen molar-refractivity contribution in [3.63, 3.8) is 0 Å². The molecule has 0 atom stereocenters. The lowest BCUT2D eigenvalue weighted by molar-refractivity contribution is 0.215. The van der Waals surface area contributed by atoms with Gasteiger partial charge in [0, 0.05) is 5.56 Å². The predicted octanol–water partition coefficient (Wildman–Crippen LogP) is 9.02. The van der Waals surface area contributed by atoms with Gasteiger partial charge in [-0.2, -0.15) is 0 Å². The van der Waals surface area contributed by atoms with Crippen molar-refractivity contribution < 1.29 is 13.2 Å². The van der Waals surface area contributed by atoms with E-state index in [1.165, 1.54) is 75.2 Å². The van der Waals surface area contributed by atoms with Gasteiger partial charge in [-0.15, -0.1) is 0 Å². The van der Waals surface area contributed by atoms with Gasteiger partial charge in [0.1, 0.15) is 12.1 Å². The van der Waals surface area contributed by atoms with Crippen molar-refractivity contribution in [3.05, 3.63) is 41.5 Å². The minimum Gasteiger partial charge on any atom is -0.212 e. The Morgan fingerprint density at radius 1 is 1.03 bits per heavy atom. The first-order chi connectivity index (χ1) is 14.0. The van der Waals surface area contributed by atoms with E-state index in [0.717, 1.165) is 30.2 Å². The molecule has 29 heavy (non-hydrogen) atoms. The van der Waals surface area contributed by atoms with Crippen LogP contribution in [0.3, 0.4) is 0 Å². The van der Waals surface area contributed by atoms with E-state index in [2.05, 4.69) is 13.5 Å². The summed E-state index contributed by atoms with van der Waals surface area (Å²) in [5.41, 5.74) is 0.661. The summed E-state index contributed by atoms with van der Waals surface area (Å²) in [4.78, 5) is 0. The minimum atomic E-state index is -1.14. The van der Waals surface area contributed by atoms with Crippen molar-refractivity contribution in [1.82, 2.24) is 0 Å². The van der Waals surface area contributed by atoms with E-state index in [0.29, 0.717) is 5.92 Å². The van der Waals surface area contributed by atoms with Gasteiger partial charge in [-0.05, 0) is 61.1 Å². The first kappa shape index (κ1) is 22.6. The van der Waals surface area contributed by atoms with Gasteiger partial charge in [0.15, 0.2) is 5.83 Å². The fraction of sp³-hybridized carbons (Fsp3) is 0.680. The molecule has 0 radical (unpaired) electrons. The lowest BCUT2D eigenvalue weighted by atomic mass is 9.72. The molecule has 0 amide bonds. The lowest BCUT2D eigenvalue weighted by Gasteiger charge is -2.41. The Hall–Kier alpha value is -1.03. The summed E-state index contributed by atoms with van der Waals surface area (Å²) >= 11 is 0. The molecule has 0 aromatic heterocycles. The Balaban J connectivity index is 1.49. The molecule has 2 fully saturated rings. The highest BCUT2D eigenvalue weighted by atomic mass is 28.3. The average Bonchev–Trinajstić information content (AvgIpc) is 2.74. The zero-order valence-electron chi connectivity index (χ0n) is 18.2. The first-order valence-electron chi connectivity index (χ1n) is 11.7. The maximum absolute atomic E-state index is 14.2. The summed E-state index contributed by atoms with van der Waals surface area (Å²) in [5.74, 6) is 0.280. The van der Waals surface area contributed by atoms with Crippen LogP contribution in [0.2, 0.25) is 24.7 Å². The van der Waals surface area contributed by atoms with Crippen LogP contribution in [-0.4, -0.2) is 8.07 Å². The van der Waals surface area contributed by atoms with Crippen LogP contribution in [0.5, 0.6) is 0 Å². The van der Waals surface area contributed by atoms with Gasteiger partial charge in [0.25, 0.3) is 0 Å². The van der Waals surface area contributed by atoms with Gasteiger partial charge >= 0.3 is 0 Å². The SMILES string of the molecule is CCCCC[Si@]1(C)CC[C@@H](C2CCC(c3ccc(C(F)=CF)c(F)c3)CC2)CC1. The highest BCUT2D eigenvalue weighted by molar-refractivity contribution is 6.78. The highest BCUT2D eigenvalue weighted by Gasteiger charge is 2.36. The maximum atomic E-state index is 14.2. The molecule has 1 saturated carbocycles. The second kappa shape index (κ2) is 10.3. The molecular formula is C25H37F3Si. The van der Waals surface area contributed by atoms with Crippen molar-refractivity contribution in [1.29, 1.82) is 0 Å². The molecule has 0 nitrogen and oxygen atoms in total. The van der Waals surface area contributed by atoms with E-state index in [1.807, 2.05) is 0 Å². The minimum absolute atomic E-state index is 0.175. The number of unbranched alkanes of at least 4 members (excludes halogenated alkanes) is 2. The molecule has 1 aromatic rings. The standard InChI is InChI=1S/C25H37F3Si/c1-3-4-5-14-29(2)15-12-21(13-16-29)19-6-8-20(9-7-19)22-10-11-23(24(27)17-22)25(28)18-26/h10-11,17-21H,3-9,12-16H2,1-2H3/t19?,20?,21-,29-. The number of hydrogen-bond donors (Lipinski definition) is 0. The largest absolute Gasteiger partial charge is 0.212 e. The van der Waals surface area contributed by atoms with Crippen molar-refractivity contribution in [2.75, 3.05) is 0 Å². The number of hydrogen-bond acceptors (Lipinski definition) is 0. The van der Waals surface area contributed by atoms with Gasteiger partial charge < -0.3 is 0 Å². The van der Waals surface area contributed by atoms with Crippen molar-refractivity contribution in [2.45, 2.75) is 95.3 Å². The number of rotatable bonds is 7. The maximum Gasteiger partial charge on any atom is 0.161 e. The van der Waals surface area contributed by atoms with Gasteiger partial charge in [0.05, 0.1) is 8.07 Å². The molecule has 2 aliphatic rings. The molecule has 162 valence electrons. The van der Waals surface area contributed by atoms with Crippen LogP contribution in [0.1, 0.15) is 81.8 Å². The van der Waals surface area contributed by atoms with Crippen molar-refractivity contribution >= 4 is 13.9 Å². The van der Waals surface area contributed by atoms with E-state index < -0.39 is 19.7 Å². The number of halogens is 3. The molecule has 4 heteroatoms. The summed E-state index contributed by atoms with van der Waals surface area (Å²) in [6.45, 7) is 4.92. The smallest absolute Gasteiger partial charge is 0.161 e. The van der Waals surface area contributed by atoms with E-state index >= 15 is 0 Å². The third-order valence-corrected chi connectivity index (χ3v) is 12.4. The zero-order chi connectivity index (χ0) is 20.9. The van der Waals surface area contributed by atoms with Crippen LogP contribution in [0.4, 0.5) is 13.2 Å². The summed E-state index contributed by atoms with van der Waals surface area (Å²) in [6.07, 6.45) is 11.5. The van der Waals surface area contributed by atoms with Gasteiger partial charge in [-0.3, -0.25) is 0 Å². The predicted molar refractivity (Wildman–Crippen MR) is 120 cm³/mol. The molecule has 1 aliphatic heterocycles. The first-order valence-corrected chi connectivity index (χ1v) is 14.8. The third kappa shape index (κ3) is 5.77. The van der Waals surface area contributed by atoms with Gasteiger partial charge in [-0.25, -0.2) is 13.2 Å². The van der Waals surface area contributed by atoms with Crippen LogP contribution in [-0.2, 0) is 0 Å². The fourth-order valence-corrected chi connectivity index (χ4v) is 9.81. The lowest BCUT2D eigenvalue weighted by Crippen LogP contribution is -2.37. The van der Waals surface area contributed by atoms with Crippen LogP contribution < -0.4 is 0 Å². The molecule has 1 saturated heterocycles. The van der Waals surface area contributed by atoms with Crippen molar-refractivity contribution in [3.8, 4) is 0 Å². The van der Waals surface area contributed by atoms with Gasteiger partial charge in [-0.1, -0.05) is 69.8 Å². The Morgan fingerprint density at radius 3 is 2.28 bits per heavy atom. The molecule has 0 N–H and O–H groups in total. The summed E-state index contributed by atoms with van der Waals surface area (Å²) in [6, 6.07) is 9.13. The summed E-state index contributed by atoms with van der Waals surface area (Å²) in [5, 5.41) is 0. The van der Waals surface area contributed by atoms with E-state index in [4.69, 9.17) is 0 Å². The monoisotopic (exact) mass is 422 g/mol. The van der Waals surface area contributed by atoms with Crippen molar-refractivity contribution in [2.24, 2.45) is 11.8 Å². The van der Waals surface area contributed by atoms with Gasteiger partial charge in [0.2, 0.25) is 0 Å². The second-order valence-corrected chi connectivity index (χ2v) is 15.0. The Kier molecular flexibility index (Phi) is 8.06. The van der Waals surface area contributed by atoms with Crippen LogP contribution in [0.15, 0.2) is 24.5 Å². The van der Waals surface area contributed by atoms with Crippen LogP contribution in [0.25, 0.3) is 5.83 Å².